The van der Waals surface area contributed by atoms with Crippen molar-refractivity contribution in [3.8, 4) is 0 Å². The van der Waals surface area contributed by atoms with Crippen molar-refractivity contribution in [3.63, 3.8) is 0 Å². The summed E-state index contributed by atoms with van der Waals surface area (Å²) in [6.45, 7) is 2.55. The number of anilines is 1. The molecule has 0 fully saturated rings. The summed E-state index contributed by atoms with van der Waals surface area (Å²) < 4.78 is 10.7. The standard InChI is InChI=1S/C34H39N5O6/c1-24-9-8-12-25(21-24)14-15-28(31(41)32-38-29(23-44-32)33(42)39(2)27-16-19-35-20-17-27)37-30(40)13-6-7-18-36-34(43)45-22-26-10-4-3-5-11-26/h3-5,8-12,16-17,19-21,23,28,31,41H,6-7,13-15,18,22H2,1-2H3,(H,36,43)(H,37,40)/t28-,31?/m0/s1. The van der Waals surface area contributed by atoms with Gasteiger partial charge in [-0.25, -0.2) is 9.78 Å². The van der Waals surface area contributed by atoms with Gasteiger partial charge >= 0.3 is 6.09 Å². The van der Waals surface area contributed by atoms with E-state index in [1.165, 1.54) is 11.2 Å². The van der Waals surface area contributed by atoms with Gasteiger partial charge in [0, 0.05) is 38.1 Å². The summed E-state index contributed by atoms with van der Waals surface area (Å²) in [6, 6.07) is 20.1. The zero-order chi connectivity index (χ0) is 32.0. The second kappa shape index (κ2) is 16.7. The molecule has 2 heterocycles. The summed E-state index contributed by atoms with van der Waals surface area (Å²) in [5.74, 6) is -0.731. The Hall–Kier alpha value is -5.03. The fraction of sp³-hybridized carbons (Fsp3) is 0.324. The van der Waals surface area contributed by atoms with E-state index in [9.17, 15) is 19.5 Å². The molecular weight excluding hydrogens is 574 g/mol. The quantitative estimate of drug-likeness (QED) is 0.160. The van der Waals surface area contributed by atoms with Gasteiger partial charge in [0.15, 0.2) is 11.8 Å². The van der Waals surface area contributed by atoms with E-state index in [2.05, 4.69) is 26.7 Å². The molecule has 11 heteroatoms. The van der Waals surface area contributed by atoms with Gasteiger partial charge in [-0.3, -0.25) is 14.6 Å². The van der Waals surface area contributed by atoms with E-state index >= 15 is 0 Å². The van der Waals surface area contributed by atoms with Gasteiger partial charge in [-0.05, 0) is 55.9 Å². The van der Waals surface area contributed by atoms with Crippen LogP contribution in [0.4, 0.5) is 10.5 Å². The van der Waals surface area contributed by atoms with Crippen LogP contribution in [0, 0.1) is 6.92 Å². The number of nitrogens with zero attached hydrogens (tertiary/aromatic N) is 3. The molecule has 0 bridgehead atoms. The second-order valence-electron chi connectivity index (χ2n) is 10.7. The number of hydrogen-bond donors (Lipinski definition) is 3. The summed E-state index contributed by atoms with van der Waals surface area (Å²) in [4.78, 5) is 47.5. The normalized spacial score (nSPS) is 12.2. The number of aryl methyl sites for hydroxylation is 2. The van der Waals surface area contributed by atoms with E-state index in [4.69, 9.17) is 9.15 Å². The first-order chi connectivity index (χ1) is 21.8. The number of alkyl carbamates (subject to hydrolysis) is 1. The monoisotopic (exact) mass is 613 g/mol. The largest absolute Gasteiger partial charge is 0.445 e. The van der Waals surface area contributed by atoms with Crippen LogP contribution >= 0.6 is 0 Å². The van der Waals surface area contributed by atoms with Crippen LogP contribution in [0.25, 0.3) is 0 Å². The Bertz CT molecular complexity index is 1530. The lowest BCUT2D eigenvalue weighted by Crippen LogP contribution is -2.40. The Balaban J connectivity index is 1.30. The van der Waals surface area contributed by atoms with Gasteiger partial charge in [0.05, 0.1) is 6.04 Å². The van der Waals surface area contributed by atoms with Crippen LogP contribution in [0.1, 0.15) is 64.9 Å². The minimum absolute atomic E-state index is 0.0296. The maximum atomic E-state index is 13.0. The van der Waals surface area contributed by atoms with Crippen molar-refractivity contribution in [1.82, 2.24) is 20.6 Å². The first-order valence-corrected chi connectivity index (χ1v) is 14.9. The predicted molar refractivity (Wildman–Crippen MR) is 168 cm³/mol. The predicted octanol–water partition coefficient (Wildman–Crippen LogP) is 4.90. The molecule has 11 nitrogen and oxygen atoms in total. The Morgan fingerprint density at radius 3 is 2.51 bits per heavy atom. The number of carbonyl (C=O) groups is 3. The molecule has 2 aromatic heterocycles. The smallest absolute Gasteiger partial charge is 0.407 e. The molecule has 3 N–H and O–H groups in total. The number of oxazole rings is 1. The summed E-state index contributed by atoms with van der Waals surface area (Å²) in [5, 5.41) is 16.9. The maximum Gasteiger partial charge on any atom is 0.407 e. The van der Waals surface area contributed by atoms with Crippen molar-refractivity contribution in [2.45, 2.75) is 57.8 Å². The number of unbranched alkanes of at least 4 members (excludes halogenated alkanes) is 1. The molecule has 0 saturated carbocycles. The number of aliphatic hydroxyl groups excluding tert-OH is 1. The summed E-state index contributed by atoms with van der Waals surface area (Å²) in [7, 11) is 1.61. The van der Waals surface area contributed by atoms with Crippen LogP contribution in [0.3, 0.4) is 0 Å². The van der Waals surface area contributed by atoms with E-state index < -0.39 is 24.1 Å². The average molecular weight is 614 g/mol. The Morgan fingerprint density at radius 2 is 1.76 bits per heavy atom. The van der Waals surface area contributed by atoms with E-state index in [0.717, 1.165) is 16.7 Å². The van der Waals surface area contributed by atoms with Crippen LogP contribution in [0.2, 0.25) is 0 Å². The molecule has 4 rings (SSSR count). The lowest BCUT2D eigenvalue weighted by Gasteiger charge is -2.22. The summed E-state index contributed by atoms with van der Waals surface area (Å²) in [5.41, 5.74) is 3.73. The molecule has 2 atom stereocenters. The number of hydrogen-bond acceptors (Lipinski definition) is 8. The molecule has 1 unspecified atom stereocenters. The number of nitrogens with one attached hydrogen (secondary N) is 2. The lowest BCUT2D eigenvalue weighted by molar-refractivity contribution is -0.123. The molecule has 2 aromatic carbocycles. The molecular formula is C34H39N5O6. The molecule has 0 aliphatic rings. The van der Waals surface area contributed by atoms with Crippen molar-refractivity contribution >= 4 is 23.6 Å². The fourth-order valence-corrected chi connectivity index (χ4v) is 4.70. The second-order valence-corrected chi connectivity index (χ2v) is 10.7. The van der Waals surface area contributed by atoms with Crippen LogP contribution < -0.4 is 15.5 Å². The third-order valence-corrected chi connectivity index (χ3v) is 7.22. The average Bonchev–Trinajstić information content (AvgIpc) is 3.56. The molecule has 236 valence electrons. The SMILES string of the molecule is Cc1cccc(CC[C@H](NC(=O)CCCCNC(=O)OCc2ccccc2)C(O)c2nc(C(=O)N(C)c3ccncc3)co2)c1. The minimum Gasteiger partial charge on any atom is -0.445 e. The molecule has 45 heavy (non-hydrogen) atoms. The molecule has 0 saturated heterocycles. The zero-order valence-corrected chi connectivity index (χ0v) is 25.5. The Morgan fingerprint density at radius 1 is 1.00 bits per heavy atom. The zero-order valence-electron chi connectivity index (χ0n) is 25.5. The van der Waals surface area contributed by atoms with Crippen LogP contribution in [-0.2, 0) is 22.6 Å². The Labute approximate surface area is 262 Å². The van der Waals surface area contributed by atoms with Crippen LogP contribution in [0.5, 0.6) is 0 Å². The van der Waals surface area contributed by atoms with Crippen molar-refractivity contribution in [2.24, 2.45) is 0 Å². The fourth-order valence-electron chi connectivity index (χ4n) is 4.70. The van der Waals surface area contributed by atoms with E-state index in [-0.39, 0.29) is 30.5 Å². The van der Waals surface area contributed by atoms with Crippen molar-refractivity contribution in [3.05, 3.63) is 114 Å². The van der Waals surface area contributed by atoms with Crippen molar-refractivity contribution in [2.75, 3.05) is 18.5 Å². The third-order valence-electron chi connectivity index (χ3n) is 7.22. The molecule has 0 aliphatic heterocycles. The topological polar surface area (TPSA) is 147 Å². The summed E-state index contributed by atoms with van der Waals surface area (Å²) in [6.07, 6.45) is 4.85. The number of rotatable bonds is 15. The third kappa shape index (κ3) is 10.3. The number of benzene rings is 2. The van der Waals surface area contributed by atoms with Gasteiger partial charge < -0.3 is 29.8 Å². The van der Waals surface area contributed by atoms with Gasteiger partial charge in [-0.15, -0.1) is 0 Å². The molecule has 0 spiro atoms. The highest BCUT2D eigenvalue weighted by Crippen LogP contribution is 2.22. The van der Waals surface area contributed by atoms with E-state index in [0.29, 0.717) is 37.9 Å². The van der Waals surface area contributed by atoms with E-state index in [1.807, 2.05) is 55.5 Å². The highest BCUT2D eigenvalue weighted by molar-refractivity contribution is 6.04. The van der Waals surface area contributed by atoms with Gasteiger partial charge in [0.25, 0.3) is 5.91 Å². The van der Waals surface area contributed by atoms with Gasteiger partial charge in [-0.1, -0.05) is 60.2 Å². The van der Waals surface area contributed by atoms with Crippen LogP contribution in [0.15, 0.2) is 89.8 Å². The maximum absolute atomic E-state index is 13.0. The number of carbonyl (C=O) groups excluding carboxylic acids is 3. The number of amides is 3. The first-order valence-electron chi connectivity index (χ1n) is 14.9. The number of aromatic nitrogens is 2. The number of aliphatic hydroxyl groups is 1. The minimum atomic E-state index is -1.28. The molecule has 4 aromatic rings. The van der Waals surface area contributed by atoms with Gasteiger partial charge in [0.1, 0.15) is 12.9 Å². The van der Waals surface area contributed by atoms with Gasteiger partial charge in [-0.2, -0.15) is 0 Å². The van der Waals surface area contributed by atoms with Crippen LogP contribution in [-0.4, -0.2) is 52.6 Å². The number of pyridine rings is 1. The summed E-state index contributed by atoms with van der Waals surface area (Å²) >= 11 is 0. The van der Waals surface area contributed by atoms with E-state index in [1.54, 1.807) is 31.6 Å². The molecule has 0 radical (unpaired) electrons. The molecule has 0 aliphatic carbocycles. The first kappa shape index (κ1) is 32.9. The van der Waals surface area contributed by atoms with Gasteiger partial charge in [0.2, 0.25) is 11.8 Å². The van der Waals surface area contributed by atoms with Crippen molar-refractivity contribution < 1.29 is 28.6 Å². The highest BCUT2D eigenvalue weighted by atomic mass is 16.5. The van der Waals surface area contributed by atoms with Crippen molar-refractivity contribution in [1.29, 1.82) is 0 Å². The Kier molecular flexibility index (Phi) is 12.2. The molecule has 3 amide bonds. The highest BCUT2D eigenvalue weighted by Gasteiger charge is 2.28. The lowest BCUT2D eigenvalue weighted by atomic mass is 9.99. The number of ether oxygens (including phenoxy) is 1.